The number of amides is 3. The smallest absolute Gasteiger partial charge is 0.235 e. The Labute approximate surface area is 182 Å². The molecule has 1 aromatic heterocycles. The van der Waals surface area contributed by atoms with Crippen molar-refractivity contribution in [3.05, 3.63) is 45.1 Å². The van der Waals surface area contributed by atoms with E-state index in [2.05, 4.69) is 20.8 Å². The monoisotopic (exact) mass is 450 g/mol. The maximum absolute atomic E-state index is 12.9. The number of carbonyl (C=O) groups excluding carboxylic acids is 3. The molecule has 2 aliphatic rings. The molecule has 1 aliphatic heterocycles. The summed E-state index contributed by atoms with van der Waals surface area (Å²) in [7, 11) is 0. The van der Waals surface area contributed by atoms with Crippen LogP contribution in [0.1, 0.15) is 60.9 Å². The summed E-state index contributed by atoms with van der Waals surface area (Å²) in [5.74, 6) is -0.703. The van der Waals surface area contributed by atoms with Gasteiger partial charge in [-0.25, -0.2) is 0 Å². The molecule has 1 unspecified atom stereocenters. The fraction of sp³-hybridized carbons (Fsp3) is 0.450. The Balaban J connectivity index is 1.48. The lowest BCUT2D eigenvalue weighted by Gasteiger charge is -2.36. The van der Waals surface area contributed by atoms with Gasteiger partial charge in [-0.05, 0) is 37.0 Å². The van der Waals surface area contributed by atoms with Gasteiger partial charge in [0.25, 0.3) is 0 Å². The van der Waals surface area contributed by atoms with Crippen LogP contribution in [0.5, 0.6) is 0 Å². The molecule has 2 aromatic rings. The standard InChI is InChI=1S/C20H20Cl2N4O4/c1-10-25-26-19(30-10)20(5-2-6-20)18(29)23-9-11-7-13(21)16(14(22)8-11)12-3-4-15(27)24-17(12)28/h7-8,12H,2-6,9H2,1H3,(H,23,29)(H,24,27,28). The van der Waals surface area contributed by atoms with E-state index in [0.29, 0.717) is 52.2 Å². The van der Waals surface area contributed by atoms with E-state index in [9.17, 15) is 14.4 Å². The number of rotatable bonds is 5. The molecule has 1 saturated heterocycles. The van der Waals surface area contributed by atoms with E-state index in [1.165, 1.54) is 0 Å². The van der Waals surface area contributed by atoms with Crippen molar-refractivity contribution in [2.24, 2.45) is 0 Å². The fourth-order valence-electron chi connectivity index (χ4n) is 3.95. The summed E-state index contributed by atoms with van der Waals surface area (Å²) in [6, 6.07) is 3.36. The van der Waals surface area contributed by atoms with Crippen molar-refractivity contribution in [2.45, 2.75) is 56.9 Å². The minimum atomic E-state index is -0.790. The van der Waals surface area contributed by atoms with Crippen molar-refractivity contribution in [3.63, 3.8) is 0 Å². The Morgan fingerprint density at radius 2 is 1.97 bits per heavy atom. The summed E-state index contributed by atoms with van der Waals surface area (Å²) in [6.07, 6.45) is 2.80. The number of hydrogen-bond acceptors (Lipinski definition) is 6. The molecule has 2 N–H and O–H groups in total. The van der Waals surface area contributed by atoms with Gasteiger partial charge in [0, 0.05) is 35.5 Å². The Morgan fingerprint density at radius 3 is 2.50 bits per heavy atom. The second kappa shape index (κ2) is 8.00. The molecule has 2 fully saturated rings. The molecule has 0 spiro atoms. The molecule has 4 rings (SSSR count). The summed E-state index contributed by atoms with van der Waals surface area (Å²) in [5.41, 5.74) is 0.405. The van der Waals surface area contributed by atoms with Crippen LogP contribution in [0.15, 0.2) is 16.5 Å². The van der Waals surface area contributed by atoms with Gasteiger partial charge in [0.1, 0.15) is 5.41 Å². The van der Waals surface area contributed by atoms with Crippen molar-refractivity contribution in [2.75, 3.05) is 0 Å². The largest absolute Gasteiger partial charge is 0.424 e. The first-order valence-corrected chi connectivity index (χ1v) is 10.5. The highest BCUT2D eigenvalue weighted by molar-refractivity contribution is 6.36. The van der Waals surface area contributed by atoms with Crippen LogP contribution in [0.3, 0.4) is 0 Å². The summed E-state index contributed by atoms with van der Waals surface area (Å²) in [5, 5.41) is 13.7. The number of nitrogens with one attached hydrogen (secondary N) is 2. The normalized spacial score (nSPS) is 20.4. The summed E-state index contributed by atoms with van der Waals surface area (Å²) in [6.45, 7) is 1.90. The predicted molar refractivity (Wildman–Crippen MR) is 108 cm³/mol. The van der Waals surface area contributed by atoms with Crippen LogP contribution in [-0.4, -0.2) is 27.9 Å². The van der Waals surface area contributed by atoms with Crippen LogP contribution in [0.4, 0.5) is 0 Å². The maximum Gasteiger partial charge on any atom is 0.235 e. The van der Waals surface area contributed by atoms with Crippen LogP contribution in [-0.2, 0) is 26.3 Å². The van der Waals surface area contributed by atoms with E-state index in [-0.39, 0.29) is 24.8 Å². The van der Waals surface area contributed by atoms with E-state index in [1.54, 1.807) is 19.1 Å². The number of carbonyl (C=O) groups is 3. The van der Waals surface area contributed by atoms with Crippen molar-refractivity contribution < 1.29 is 18.8 Å². The number of hydrogen-bond donors (Lipinski definition) is 2. The molecule has 2 heterocycles. The lowest BCUT2D eigenvalue weighted by Crippen LogP contribution is -2.49. The van der Waals surface area contributed by atoms with Gasteiger partial charge < -0.3 is 9.73 Å². The number of nitrogens with zero attached hydrogens (tertiary/aromatic N) is 2. The molecular weight excluding hydrogens is 431 g/mol. The highest BCUT2D eigenvalue weighted by atomic mass is 35.5. The van der Waals surface area contributed by atoms with E-state index >= 15 is 0 Å². The molecule has 30 heavy (non-hydrogen) atoms. The lowest BCUT2D eigenvalue weighted by molar-refractivity contribution is -0.134. The molecule has 1 atom stereocenters. The molecule has 1 saturated carbocycles. The molecule has 1 aliphatic carbocycles. The van der Waals surface area contributed by atoms with E-state index < -0.39 is 17.2 Å². The number of piperidine rings is 1. The second-order valence-corrected chi connectivity index (χ2v) is 8.54. The third kappa shape index (κ3) is 3.70. The van der Waals surface area contributed by atoms with Crippen LogP contribution in [0.25, 0.3) is 0 Å². The zero-order chi connectivity index (χ0) is 21.5. The first kappa shape index (κ1) is 20.8. The average Bonchev–Trinajstić information content (AvgIpc) is 3.06. The second-order valence-electron chi connectivity index (χ2n) is 7.72. The quantitative estimate of drug-likeness (QED) is 0.676. The van der Waals surface area contributed by atoms with Crippen LogP contribution >= 0.6 is 23.2 Å². The van der Waals surface area contributed by atoms with Crippen LogP contribution in [0, 0.1) is 6.92 Å². The number of aryl methyl sites for hydroxylation is 1. The molecule has 0 bridgehead atoms. The average molecular weight is 451 g/mol. The van der Waals surface area contributed by atoms with Gasteiger partial charge in [0.15, 0.2) is 0 Å². The number of benzene rings is 1. The molecule has 1 aromatic carbocycles. The van der Waals surface area contributed by atoms with Crippen LogP contribution < -0.4 is 10.6 Å². The van der Waals surface area contributed by atoms with E-state index in [0.717, 1.165) is 6.42 Å². The van der Waals surface area contributed by atoms with Crippen molar-refractivity contribution >= 4 is 40.9 Å². The van der Waals surface area contributed by atoms with Gasteiger partial charge in [-0.3, -0.25) is 19.7 Å². The Kier molecular flexibility index (Phi) is 5.55. The van der Waals surface area contributed by atoms with Gasteiger partial charge in [0.05, 0.1) is 5.92 Å². The number of imide groups is 1. The number of aromatic nitrogens is 2. The van der Waals surface area contributed by atoms with Gasteiger partial charge in [-0.15, -0.1) is 10.2 Å². The highest BCUT2D eigenvalue weighted by Gasteiger charge is 2.50. The van der Waals surface area contributed by atoms with E-state index in [1.807, 2.05) is 0 Å². The van der Waals surface area contributed by atoms with E-state index in [4.69, 9.17) is 27.6 Å². The first-order valence-electron chi connectivity index (χ1n) is 9.70. The zero-order valence-electron chi connectivity index (χ0n) is 16.3. The Morgan fingerprint density at radius 1 is 1.27 bits per heavy atom. The van der Waals surface area contributed by atoms with Crippen LogP contribution in [0.2, 0.25) is 10.0 Å². The summed E-state index contributed by atoms with van der Waals surface area (Å²) < 4.78 is 5.52. The lowest BCUT2D eigenvalue weighted by atomic mass is 9.68. The molecule has 3 amide bonds. The van der Waals surface area contributed by atoms with Crippen molar-refractivity contribution in [1.82, 2.24) is 20.8 Å². The minimum Gasteiger partial charge on any atom is -0.424 e. The minimum absolute atomic E-state index is 0.182. The molecule has 0 radical (unpaired) electrons. The molecule has 10 heteroatoms. The Hall–Kier alpha value is -2.45. The predicted octanol–water partition coefficient (Wildman–Crippen LogP) is 2.94. The fourth-order valence-corrected chi connectivity index (χ4v) is 4.75. The molecule has 8 nitrogen and oxygen atoms in total. The van der Waals surface area contributed by atoms with Crippen molar-refractivity contribution in [3.8, 4) is 0 Å². The van der Waals surface area contributed by atoms with Gasteiger partial charge in [-0.1, -0.05) is 29.6 Å². The topological polar surface area (TPSA) is 114 Å². The molecule has 158 valence electrons. The number of halogens is 2. The maximum atomic E-state index is 12.9. The SMILES string of the molecule is Cc1nnc(C2(C(=O)NCc3cc(Cl)c(C4CCC(=O)NC4=O)c(Cl)c3)CCC2)o1. The summed E-state index contributed by atoms with van der Waals surface area (Å²) >= 11 is 12.8. The van der Waals surface area contributed by atoms with Gasteiger partial charge in [0.2, 0.25) is 29.5 Å². The van der Waals surface area contributed by atoms with Gasteiger partial charge in [-0.2, -0.15) is 0 Å². The highest BCUT2D eigenvalue weighted by Crippen LogP contribution is 2.43. The third-order valence-corrected chi connectivity index (χ3v) is 6.38. The van der Waals surface area contributed by atoms with Gasteiger partial charge >= 0.3 is 0 Å². The Bertz CT molecular complexity index is 1010. The zero-order valence-corrected chi connectivity index (χ0v) is 17.8. The molecular formula is C20H20Cl2N4O4. The van der Waals surface area contributed by atoms with Crippen molar-refractivity contribution in [1.29, 1.82) is 0 Å². The first-order chi connectivity index (χ1) is 14.3. The third-order valence-electron chi connectivity index (χ3n) is 5.76. The summed E-state index contributed by atoms with van der Waals surface area (Å²) in [4.78, 5) is 36.5.